The van der Waals surface area contributed by atoms with Crippen LogP contribution in [0.5, 0.6) is 11.5 Å². The number of nitrogens with one attached hydrogen (secondary N) is 2. The highest BCUT2D eigenvalue weighted by molar-refractivity contribution is 6.32. The van der Waals surface area contributed by atoms with Gasteiger partial charge in [-0.1, -0.05) is 18.2 Å². The first-order chi connectivity index (χ1) is 12.0. The third-order valence-electron chi connectivity index (χ3n) is 3.42. The Bertz CT molecular complexity index is 763. The number of carbonyl (C=O) groups excluding carboxylic acids is 2. The maximum absolute atomic E-state index is 12.3. The summed E-state index contributed by atoms with van der Waals surface area (Å²) in [7, 11) is 2.93. The van der Waals surface area contributed by atoms with Crippen molar-refractivity contribution >= 4 is 34.8 Å². The molecule has 2 rings (SSSR count). The van der Waals surface area contributed by atoms with Crippen LogP contribution < -0.4 is 20.1 Å². The highest BCUT2D eigenvalue weighted by atomic mass is 35.5. The number of rotatable bonds is 6. The number of hydrogen-bond acceptors (Lipinski definition) is 4. The van der Waals surface area contributed by atoms with Crippen LogP contribution in [0.4, 0.5) is 11.4 Å². The van der Waals surface area contributed by atoms with Gasteiger partial charge in [0, 0.05) is 17.7 Å². The molecule has 0 spiro atoms. The molecular weight excluding hydrogens is 344 g/mol. The molecule has 0 radical (unpaired) electrons. The molecule has 6 nitrogen and oxygen atoms in total. The van der Waals surface area contributed by atoms with Crippen LogP contribution in [0.3, 0.4) is 0 Å². The van der Waals surface area contributed by atoms with Gasteiger partial charge in [0.25, 0.3) is 5.91 Å². The molecule has 2 aromatic carbocycles. The summed E-state index contributed by atoms with van der Waals surface area (Å²) < 4.78 is 10.6. The fourth-order valence-corrected chi connectivity index (χ4v) is 2.16. The molecule has 2 N–H and O–H groups in total. The number of amides is 2. The standard InChI is InChI=1S/C18H19ClN2O4/c1-11(19)17(22)20-13-9-16(25-3)14(10-15(13)24-2)21-18(23)12-7-5-4-6-8-12/h4-11H,1-3H3,(H,20,22)(H,21,23). The lowest BCUT2D eigenvalue weighted by Crippen LogP contribution is -2.21. The van der Waals surface area contributed by atoms with Gasteiger partial charge in [-0.05, 0) is 19.1 Å². The van der Waals surface area contributed by atoms with Gasteiger partial charge >= 0.3 is 0 Å². The monoisotopic (exact) mass is 362 g/mol. The van der Waals surface area contributed by atoms with Crippen molar-refractivity contribution < 1.29 is 19.1 Å². The third-order valence-corrected chi connectivity index (χ3v) is 3.62. The smallest absolute Gasteiger partial charge is 0.255 e. The average molecular weight is 363 g/mol. The minimum absolute atomic E-state index is 0.285. The van der Waals surface area contributed by atoms with Gasteiger partial charge in [0.2, 0.25) is 5.91 Å². The van der Waals surface area contributed by atoms with Crippen LogP contribution >= 0.6 is 11.6 Å². The molecule has 0 saturated heterocycles. The molecule has 0 aliphatic carbocycles. The van der Waals surface area contributed by atoms with E-state index >= 15 is 0 Å². The molecule has 0 aliphatic heterocycles. The van der Waals surface area contributed by atoms with Crippen LogP contribution in [0.2, 0.25) is 0 Å². The SMILES string of the molecule is COc1cc(NC(=O)C(C)Cl)c(OC)cc1NC(=O)c1ccccc1. The Morgan fingerprint density at radius 1 is 0.960 bits per heavy atom. The summed E-state index contributed by atoms with van der Waals surface area (Å²) >= 11 is 5.77. The number of anilines is 2. The van der Waals surface area contributed by atoms with Gasteiger partial charge in [-0.15, -0.1) is 11.6 Å². The Balaban J connectivity index is 2.32. The van der Waals surface area contributed by atoms with Crippen molar-refractivity contribution in [1.82, 2.24) is 0 Å². The molecular formula is C18H19ClN2O4. The first-order valence-corrected chi connectivity index (χ1v) is 7.97. The van der Waals surface area contributed by atoms with Crippen LogP contribution in [0.25, 0.3) is 0 Å². The van der Waals surface area contributed by atoms with E-state index in [-0.39, 0.29) is 11.8 Å². The van der Waals surface area contributed by atoms with Crippen molar-refractivity contribution in [2.24, 2.45) is 0 Å². The Hall–Kier alpha value is -2.73. The normalized spacial score (nSPS) is 11.4. The summed E-state index contributed by atoms with van der Waals surface area (Å²) in [6.45, 7) is 1.56. The van der Waals surface area contributed by atoms with E-state index in [0.717, 1.165) is 0 Å². The highest BCUT2D eigenvalue weighted by Gasteiger charge is 2.17. The first kappa shape index (κ1) is 18.6. The second-order valence-corrected chi connectivity index (χ2v) is 5.83. The van der Waals surface area contributed by atoms with Crippen LogP contribution in [0, 0.1) is 0 Å². The molecule has 2 amide bonds. The molecule has 2 aromatic rings. The van der Waals surface area contributed by atoms with E-state index in [1.54, 1.807) is 43.3 Å². The number of alkyl halides is 1. The number of methoxy groups -OCH3 is 2. The van der Waals surface area contributed by atoms with Crippen molar-refractivity contribution in [1.29, 1.82) is 0 Å². The number of benzene rings is 2. The quantitative estimate of drug-likeness (QED) is 0.771. The van der Waals surface area contributed by atoms with E-state index in [1.165, 1.54) is 14.2 Å². The Morgan fingerprint density at radius 2 is 1.48 bits per heavy atom. The van der Waals surface area contributed by atoms with Crippen molar-refractivity contribution in [2.45, 2.75) is 12.3 Å². The number of hydrogen-bond donors (Lipinski definition) is 2. The number of ether oxygens (including phenoxy) is 2. The molecule has 25 heavy (non-hydrogen) atoms. The summed E-state index contributed by atoms with van der Waals surface area (Å²) in [6, 6.07) is 11.9. The van der Waals surface area contributed by atoms with E-state index in [9.17, 15) is 9.59 Å². The van der Waals surface area contributed by atoms with Crippen LogP contribution in [0.15, 0.2) is 42.5 Å². The second kappa shape index (κ2) is 8.39. The zero-order valence-electron chi connectivity index (χ0n) is 14.1. The maximum Gasteiger partial charge on any atom is 0.255 e. The molecule has 0 bridgehead atoms. The Morgan fingerprint density at radius 3 is 1.96 bits per heavy atom. The predicted octanol–water partition coefficient (Wildman–Crippen LogP) is 3.52. The van der Waals surface area contributed by atoms with Gasteiger partial charge in [0.05, 0.1) is 25.6 Å². The zero-order valence-corrected chi connectivity index (χ0v) is 14.9. The van der Waals surface area contributed by atoms with Crippen LogP contribution in [0.1, 0.15) is 17.3 Å². The number of carbonyl (C=O) groups is 2. The minimum Gasteiger partial charge on any atom is -0.494 e. The van der Waals surface area contributed by atoms with Gasteiger partial charge in [0.1, 0.15) is 16.9 Å². The van der Waals surface area contributed by atoms with Crippen LogP contribution in [-0.4, -0.2) is 31.4 Å². The summed E-state index contributed by atoms with van der Waals surface area (Å²) in [5.41, 5.74) is 1.33. The van der Waals surface area contributed by atoms with Gasteiger partial charge in [0.15, 0.2) is 0 Å². The van der Waals surface area contributed by atoms with Crippen molar-refractivity contribution in [3.05, 3.63) is 48.0 Å². The predicted molar refractivity (Wildman–Crippen MR) is 97.9 cm³/mol. The summed E-state index contributed by atoms with van der Waals surface area (Å²) in [5.74, 6) is 0.0904. The molecule has 0 saturated carbocycles. The van der Waals surface area contributed by atoms with Crippen molar-refractivity contribution in [3.8, 4) is 11.5 Å². The maximum atomic E-state index is 12.3. The van der Waals surface area contributed by atoms with E-state index < -0.39 is 5.38 Å². The average Bonchev–Trinajstić information content (AvgIpc) is 2.62. The largest absolute Gasteiger partial charge is 0.494 e. The third kappa shape index (κ3) is 4.64. The van der Waals surface area contributed by atoms with Gasteiger partial charge in [-0.25, -0.2) is 0 Å². The Labute approximate surface area is 151 Å². The Kier molecular flexibility index (Phi) is 6.25. The minimum atomic E-state index is -0.701. The lowest BCUT2D eigenvalue weighted by atomic mass is 10.2. The van der Waals surface area contributed by atoms with Crippen molar-refractivity contribution in [2.75, 3.05) is 24.9 Å². The van der Waals surface area contributed by atoms with E-state index in [0.29, 0.717) is 28.4 Å². The molecule has 0 heterocycles. The summed E-state index contributed by atoms with van der Waals surface area (Å²) in [5, 5.41) is 4.73. The molecule has 1 atom stereocenters. The molecule has 0 fully saturated rings. The van der Waals surface area contributed by atoms with Gasteiger partial charge < -0.3 is 20.1 Å². The molecule has 1 unspecified atom stereocenters. The molecule has 7 heteroatoms. The molecule has 132 valence electrons. The molecule has 0 aliphatic rings. The lowest BCUT2D eigenvalue weighted by molar-refractivity contribution is -0.115. The fourth-order valence-electron chi connectivity index (χ4n) is 2.11. The topological polar surface area (TPSA) is 76.7 Å². The summed E-state index contributed by atoms with van der Waals surface area (Å²) in [6.07, 6.45) is 0. The second-order valence-electron chi connectivity index (χ2n) is 5.18. The van der Waals surface area contributed by atoms with Crippen LogP contribution in [-0.2, 0) is 4.79 Å². The number of halogens is 1. The molecule has 0 aromatic heterocycles. The van der Waals surface area contributed by atoms with E-state index in [4.69, 9.17) is 21.1 Å². The van der Waals surface area contributed by atoms with Gasteiger partial charge in [-0.3, -0.25) is 9.59 Å². The van der Waals surface area contributed by atoms with Crippen molar-refractivity contribution in [3.63, 3.8) is 0 Å². The van der Waals surface area contributed by atoms with E-state index in [1.807, 2.05) is 6.07 Å². The first-order valence-electron chi connectivity index (χ1n) is 7.53. The fraction of sp³-hybridized carbons (Fsp3) is 0.222. The van der Waals surface area contributed by atoms with E-state index in [2.05, 4.69) is 10.6 Å². The highest BCUT2D eigenvalue weighted by Crippen LogP contribution is 2.36. The van der Waals surface area contributed by atoms with Gasteiger partial charge in [-0.2, -0.15) is 0 Å². The lowest BCUT2D eigenvalue weighted by Gasteiger charge is -2.16. The zero-order chi connectivity index (χ0) is 18.4. The summed E-state index contributed by atoms with van der Waals surface area (Å²) in [4.78, 5) is 24.2.